The van der Waals surface area contributed by atoms with E-state index in [4.69, 9.17) is 0 Å². The number of carbonyl (C=O) groups excluding carboxylic acids is 2. The van der Waals surface area contributed by atoms with Gasteiger partial charge in [-0.25, -0.2) is 0 Å². The van der Waals surface area contributed by atoms with E-state index in [0.29, 0.717) is 17.6 Å². The molecule has 2 N–H and O–H groups in total. The van der Waals surface area contributed by atoms with Gasteiger partial charge in [0, 0.05) is 18.1 Å². The van der Waals surface area contributed by atoms with Gasteiger partial charge in [-0.05, 0) is 25.0 Å². The Labute approximate surface area is 182 Å². The first kappa shape index (κ1) is 25.5. The van der Waals surface area contributed by atoms with Gasteiger partial charge < -0.3 is 10.6 Å². The molecule has 1 heterocycles. The number of fused-ring (bicyclic) bond motifs is 1. The van der Waals surface area contributed by atoms with Crippen molar-refractivity contribution in [3.63, 3.8) is 0 Å². The number of alkyl halides is 5. The minimum absolute atomic E-state index is 0.124. The number of nitrogens with one attached hydrogen (secondary N) is 2. The first-order chi connectivity index (χ1) is 15.0. The summed E-state index contributed by atoms with van der Waals surface area (Å²) >= 11 is 0. The molecular formula is C22H26F5N3O2. The summed E-state index contributed by atoms with van der Waals surface area (Å²) in [6, 6.07) is 8.65. The lowest BCUT2D eigenvalue weighted by atomic mass is 9.78. The van der Waals surface area contributed by atoms with Crippen LogP contribution in [0.1, 0.15) is 46.0 Å². The number of aromatic nitrogens is 1. The second-order valence-electron chi connectivity index (χ2n) is 7.68. The third kappa shape index (κ3) is 5.52. The molecule has 0 radical (unpaired) electrons. The van der Waals surface area contributed by atoms with Crippen molar-refractivity contribution >= 4 is 28.4 Å². The van der Waals surface area contributed by atoms with Crippen molar-refractivity contribution in [1.29, 1.82) is 0 Å². The van der Waals surface area contributed by atoms with Crippen molar-refractivity contribution in [3.05, 3.63) is 36.5 Å². The summed E-state index contributed by atoms with van der Waals surface area (Å²) in [4.78, 5) is 29.1. The van der Waals surface area contributed by atoms with Crippen LogP contribution in [-0.4, -0.2) is 35.4 Å². The average Bonchev–Trinajstić information content (AvgIpc) is 2.75. The highest BCUT2D eigenvalue weighted by molar-refractivity contribution is 6.02. The second kappa shape index (κ2) is 10.2. The summed E-state index contributed by atoms with van der Waals surface area (Å²) in [7, 11) is 0. The van der Waals surface area contributed by atoms with Crippen molar-refractivity contribution in [2.45, 2.75) is 58.1 Å². The molecule has 1 aromatic heterocycles. The molecule has 0 bridgehead atoms. The number of nitrogens with zero attached hydrogens (tertiary/aromatic N) is 1. The molecule has 0 aliphatic carbocycles. The largest absolute Gasteiger partial charge is 0.463 e. The monoisotopic (exact) mass is 459 g/mol. The summed E-state index contributed by atoms with van der Waals surface area (Å²) in [5, 5.41) is 5.16. The van der Waals surface area contributed by atoms with Crippen LogP contribution in [0.3, 0.4) is 0 Å². The smallest absolute Gasteiger partial charge is 0.349 e. The maximum Gasteiger partial charge on any atom is 0.463 e. The number of unbranched alkanes of at least 4 members (excludes halogenated alkanes) is 2. The van der Waals surface area contributed by atoms with E-state index in [1.165, 1.54) is 0 Å². The van der Waals surface area contributed by atoms with Gasteiger partial charge in [-0.15, -0.1) is 0 Å². The highest BCUT2D eigenvalue weighted by Gasteiger charge is 2.63. The number of halogens is 5. The molecule has 0 saturated heterocycles. The van der Waals surface area contributed by atoms with E-state index in [1.54, 1.807) is 48.8 Å². The Morgan fingerprint density at radius 3 is 2.28 bits per heavy atom. The van der Waals surface area contributed by atoms with Gasteiger partial charge in [-0.3, -0.25) is 14.6 Å². The quantitative estimate of drug-likeness (QED) is 0.366. The normalized spacial score (nSPS) is 14.1. The number of hydrogen-bond donors (Lipinski definition) is 2. The molecule has 1 aromatic carbocycles. The molecule has 2 aromatic rings. The lowest BCUT2D eigenvalue weighted by Gasteiger charge is -2.32. The van der Waals surface area contributed by atoms with Crippen LogP contribution in [0.25, 0.3) is 10.9 Å². The zero-order valence-corrected chi connectivity index (χ0v) is 17.9. The molecule has 0 spiro atoms. The average molecular weight is 459 g/mol. The Hall–Kier alpha value is -2.78. The predicted molar refractivity (Wildman–Crippen MR) is 111 cm³/mol. The van der Waals surface area contributed by atoms with Crippen LogP contribution in [0, 0.1) is 5.41 Å². The van der Waals surface area contributed by atoms with Gasteiger partial charge in [0.05, 0.1) is 16.6 Å². The number of para-hydroxylation sites is 1. The minimum Gasteiger partial charge on any atom is -0.349 e. The highest BCUT2D eigenvalue weighted by atomic mass is 19.4. The Bertz CT molecular complexity index is 943. The second-order valence-corrected chi connectivity index (χ2v) is 7.68. The Kier molecular flexibility index (Phi) is 8.14. The van der Waals surface area contributed by atoms with E-state index in [0.717, 1.165) is 18.2 Å². The van der Waals surface area contributed by atoms with Crippen LogP contribution in [-0.2, 0) is 9.59 Å². The Morgan fingerprint density at radius 1 is 0.969 bits per heavy atom. The molecule has 10 heteroatoms. The summed E-state index contributed by atoms with van der Waals surface area (Å²) in [5.41, 5.74) is -0.480. The molecule has 1 atom stereocenters. The molecule has 0 fully saturated rings. The van der Waals surface area contributed by atoms with E-state index < -0.39 is 35.9 Å². The van der Waals surface area contributed by atoms with E-state index in [9.17, 15) is 31.5 Å². The van der Waals surface area contributed by atoms with Crippen molar-refractivity contribution in [3.8, 4) is 0 Å². The first-order valence-corrected chi connectivity index (χ1v) is 10.4. The number of carbonyl (C=O) groups is 2. The number of amides is 2. The van der Waals surface area contributed by atoms with Crippen molar-refractivity contribution < 1.29 is 31.5 Å². The predicted octanol–water partition coefficient (Wildman–Crippen LogP) is 5.46. The molecule has 0 saturated carbocycles. The van der Waals surface area contributed by atoms with E-state index >= 15 is 0 Å². The minimum atomic E-state index is -6.02. The molecule has 176 valence electrons. The van der Waals surface area contributed by atoms with Crippen LogP contribution in [0.5, 0.6) is 0 Å². The molecule has 1 unspecified atom stereocenters. The van der Waals surface area contributed by atoms with Crippen molar-refractivity contribution in [1.82, 2.24) is 10.3 Å². The Morgan fingerprint density at radius 2 is 1.66 bits per heavy atom. The van der Waals surface area contributed by atoms with Gasteiger partial charge >= 0.3 is 12.1 Å². The van der Waals surface area contributed by atoms with Gasteiger partial charge in [0.25, 0.3) is 5.91 Å². The third-order valence-electron chi connectivity index (χ3n) is 5.53. The number of rotatable bonds is 10. The zero-order valence-electron chi connectivity index (χ0n) is 17.9. The number of anilines is 1. The lowest BCUT2D eigenvalue weighted by molar-refractivity contribution is -0.269. The fraction of sp³-hybridized carbons (Fsp3) is 0.500. The zero-order chi connectivity index (χ0) is 24.0. The third-order valence-corrected chi connectivity index (χ3v) is 5.53. The van der Waals surface area contributed by atoms with Crippen molar-refractivity contribution in [2.75, 3.05) is 11.9 Å². The Balaban J connectivity index is 2.30. The fourth-order valence-electron chi connectivity index (χ4n) is 3.41. The van der Waals surface area contributed by atoms with E-state index in [-0.39, 0.29) is 12.8 Å². The SMILES string of the molecule is CCCCCC(CC)(CNC(=O)C(F)(F)C(F)(F)F)C(=O)Nc1cccc2cccnc12. The number of pyridine rings is 1. The van der Waals surface area contributed by atoms with Gasteiger partial charge in [-0.2, -0.15) is 22.0 Å². The van der Waals surface area contributed by atoms with Gasteiger partial charge in [-0.1, -0.05) is 51.3 Å². The number of benzene rings is 1. The van der Waals surface area contributed by atoms with Gasteiger partial charge in [0.2, 0.25) is 5.91 Å². The van der Waals surface area contributed by atoms with Crippen molar-refractivity contribution in [2.24, 2.45) is 5.41 Å². The first-order valence-electron chi connectivity index (χ1n) is 10.4. The lowest BCUT2D eigenvalue weighted by Crippen LogP contribution is -2.54. The molecule has 0 aliphatic rings. The molecule has 32 heavy (non-hydrogen) atoms. The molecule has 0 aliphatic heterocycles. The summed E-state index contributed by atoms with van der Waals surface area (Å²) < 4.78 is 64.4. The summed E-state index contributed by atoms with van der Waals surface area (Å²) in [5.74, 6) is -8.60. The van der Waals surface area contributed by atoms with Crippen LogP contribution in [0.15, 0.2) is 36.5 Å². The van der Waals surface area contributed by atoms with Crippen LogP contribution in [0.4, 0.5) is 27.6 Å². The summed E-state index contributed by atoms with van der Waals surface area (Å²) in [6.45, 7) is 2.91. The highest BCUT2D eigenvalue weighted by Crippen LogP contribution is 2.36. The maximum absolute atomic E-state index is 13.4. The maximum atomic E-state index is 13.4. The molecule has 2 amide bonds. The van der Waals surface area contributed by atoms with E-state index in [1.807, 2.05) is 6.92 Å². The summed E-state index contributed by atoms with van der Waals surface area (Å²) in [6.07, 6.45) is -2.06. The van der Waals surface area contributed by atoms with Gasteiger partial charge in [0.15, 0.2) is 0 Å². The standard InChI is InChI=1S/C22H26F5N3O2/c1-3-5-6-12-20(4-2,14-29-19(32)21(23,24)22(25,26)27)18(31)30-16-11-7-9-15-10-8-13-28-17(15)16/h7-11,13H,3-6,12,14H2,1-2H3,(H,29,32)(H,30,31). The van der Waals surface area contributed by atoms with E-state index in [2.05, 4.69) is 10.3 Å². The number of hydrogen-bond acceptors (Lipinski definition) is 3. The van der Waals surface area contributed by atoms with Crippen LogP contribution in [0.2, 0.25) is 0 Å². The fourth-order valence-corrected chi connectivity index (χ4v) is 3.41. The topological polar surface area (TPSA) is 71.1 Å². The molecular weight excluding hydrogens is 433 g/mol. The van der Waals surface area contributed by atoms with Crippen LogP contribution >= 0.6 is 0 Å². The molecule has 5 nitrogen and oxygen atoms in total. The molecule has 2 rings (SSSR count). The van der Waals surface area contributed by atoms with Gasteiger partial charge in [0.1, 0.15) is 0 Å². The van der Waals surface area contributed by atoms with Crippen LogP contribution < -0.4 is 10.6 Å².